The van der Waals surface area contributed by atoms with E-state index in [0.29, 0.717) is 11.5 Å². The SMILES string of the molecule is CC1(C)OB(c2cccc(NC(=O)Nc3ccccn3)c2)OC1(C)C. The van der Waals surface area contributed by atoms with Crippen LogP contribution < -0.4 is 16.1 Å². The van der Waals surface area contributed by atoms with Crippen molar-refractivity contribution in [1.82, 2.24) is 4.98 Å². The summed E-state index contributed by atoms with van der Waals surface area (Å²) >= 11 is 0. The second-order valence-electron chi connectivity index (χ2n) is 7.01. The molecule has 0 unspecified atom stereocenters. The first kappa shape index (κ1) is 17.4. The van der Waals surface area contributed by atoms with Crippen LogP contribution in [-0.4, -0.2) is 29.3 Å². The van der Waals surface area contributed by atoms with Crippen LogP contribution in [0.1, 0.15) is 27.7 Å². The summed E-state index contributed by atoms with van der Waals surface area (Å²) in [4.78, 5) is 16.2. The van der Waals surface area contributed by atoms with Gasteiger partial charge in [-0.1, -0.05) is 18.2 Å². The van der Waals surface area contributed by atoms with Crippen LogP contribution in [-0.2, 0) is 9.31 Å². The van der Waals surface area contributed by atoms with E-state index in [1.165, 1.54) is 0 Å². The lowest BCUT2D eigenvalue weighted by Crippen LogP contribution is -2.41. The second kappa shape index (κ2) is 6.50. The summed E-state index contributed by atoms with van der Waals surface area (Å²) in [6.07, 6.45) is 1.62. The lowest BCUT2D eigenvalue weighted by Gasteiger charge is -2.32. The van der Waals surface area contributed by atoms with E-state index in [4.69, 9.17) is 9.31 Å². The van der Waals surface area contributed by atoms with Crippen LogP contribution in [0.25, 0.3) is 0 Å². The van der Waals surface area contributed by atoms with Gasteiger partial charge in [-0.15, -0.1) is 0 Å². The number of benzene rings is 1. The molecular weight excluding hydrogens is 317 g/mol. The highest BCUT2D eigenvalue weighted by atomic mass is 16.7. The first-order valence-electron chi connectivity index (χ1n) is 8.21. The number of hydrogen-bond acceptors (Lipinski definition) is 4. The molecule has 1 aromatic heterocycles. The zero-order valence-electron chi connectivity index (χ0n) is 14.9. The lowest BCUT2D eigenvalue weighted by atomic mass is 9.79. The Morgan fingerprint density at radius 1 is 1.00 bits per heavy atom. The number of carbonyl (C=O) groups excluding carboxylic acids is 1. The number of hydrogen-bond donors (Lipinski definition) is 2. The highest BCUT2D eigenvalue weighted by Crippen LogP contribution is 2.36. The van der Waals surface area contributed by atoms with E-state index in [2.05, 4.69) is 15.6 Å². The average molecular weight is 339 g/mol. The zero-order valence-corrected chi connectivity index (χ0v) is 14.9. The Morgan fingerprint density at radius 3 is 2.36 bits per heavy atom. The first-order valence-corrected chi connectivity index (χ1v) is 8.21. The molecule has 1 aliphatic heterocycles. The maximum atomic E-state index is 12.1. The Bertz CT molecular complexity index is 749. The van der Waals surface area contributed by atoms with Crippen LogP contribution >= 0.6 is 0 Å². The molecule has 2 aromatic rings. The number of amides is 2. The van der Waals surface area contributed by atoms with Crippen molar-refractivity contribution in [2.24, 2.45) is 0 Å². The van der Waals surface area contributed by atoms with Crippen molar-refractivity contribution in [3.8, 4) is 0 Å². The average Bonchev–Trinajstić information content (AvgIpc) is 2.76. The smallest absolute Gasteiger partial charge is 0.399 e. The molecule has 130 valence electrons. The number of carbonyl (C=O) groups is 1. The monoisotopic (exact) mass is 339 g/mol. The van der Waals surface area contributed by atoms with Crippen LogP contribution in [0, 0.1) is 0 Å². The minimum atomic E-state index is -0.467. The molecule has 1 saturated heterocycles. The standard InChI is InChI=1S/C18H22BN3O3/c1-17(2)18(3,4)25-19(24-17)13-8-7-9-14(12-13)21-16(23)22-15-10-5-6-11-20-15/h5-12H,1-4H3,(H2,20,21,22,23). The molecule has 7 heteroatoms. The molecular formula is C18H22BN3O3. The fourth-order valence-electron chi connectivity index (χ4n) is 2.46. The Morgan fingerprint density at radius 2 is 1.72 bits per heavy atom. The minimum absolute atomic E-state index is 0.357. The number of nitrogens with zero attached hydrogens (tertiary/aromatic N) is 1. The molecule has 2 heterocycles. The van der Waals surface area contributed by atoms with Crippen molar-refractivity contribution < 1.29 is 14.1 Å². The summed E-state index contributed by atoms with van der Waals surface area (Å²) in [6.45, 7) is 8.04. The summed E-state index contributed by atoms with van der Waals surface area (Å²) in [5, 5.41) is 5.48. The van der Waals surface area contributed by atoms with Crippen molar-refractivity contribution in [2.75, 3.05) is 10.6 Å². The third-order valence-corrected chi connectivity index (χ3v) is 4.58. The predicted molar refractivity (Wildman–Crippen MR) is 99.0 cm³/mol. The molecule has 3 rings (SSSR count). The van der Waals surface area contributed by atoms with E-state index in [9.17, 15) is 4.79 Å². The van der Waals surface area contributed by atoms with Crippen molar-refractivity contribution in [3.05, 3.63) is 48.7 Å². The van der Waals surface area contributed by atoms with Gasteiger partial charge in [-0.05, 0) is 57.4 Å². The van der Waals surface area contributed by atoms with Gasteiger partial charge in [0.25, 0.3) is 0 Å². The van der Waals surface area contributed by atoms with Gasteiger partial charge in [-0.25, -0.2) is 9.78 Å². The van der Waals surface area contributed by atoms with E-state index in [0.717, 1.165) is 5.46 Å². The molecule has 6 nitrogen and oxygen atoms in total. The van der Waals surface area contributed by atoms with Gasteiger partial charge in [0.2, 0.25) is 0 Å². The Hall–Kier alpha value is -2.38. The van der Waals surface area contributed by atoms with Crippen LogP contribution in [0.2, 0.25) is 0 Å². The molecule has 2 N–H and O–H groups in total. The molecule has 1 aromatic carbocycles. The molecule has 25 heavy (non-hydrogen) atoms. The molecule has 0 spiro atoms. The quantitative estimate of drug-likeness (QED) is 0.843. The van der Waals surface area contributed by atoms with Gasteiger partial charge in [0.05, 0.1) is 11.2 Å². The fraction of sp³-hybridized carbons (Fsp3) is 0.333. The maximum absolute atomic E-state index is 12.1. The summed E-state index contributed by atoms with van der Waals surface area (Å²) in [5.41, 5.74) is 0.699. The van der Waals surface area contributed by atoms with Gasteiger partial charge >= 0.3 is 13.1 Å². The topological polar surface area (TPSA) is 72.5 Å². The van der Waals surface area contributed by atoms with E-state index in [-0.39, 0.29) is 6.03 Å². The molecule has 1 fully saturated rings. The van der Waals surface area contributed by atoms with Gasteiger partial charge in [0.15, 0.2) is 0 Å². The van der Waals surface area contributed by atoms with Gasteiger partial charge in [0, 0.05) is 11.9 Å². The van der Waals surface area contributed by atoms with E-state index in [1.54, 1.807) is 18.3 Å². The van der Waals surface area contributed by atoms with E-state index in [1.807, 2.05) is 58.0 Å². The number of aromatic nitrogens is 1. The molecule has 1 aliphatic rings. The highest BCUT2D eigenvalue weighted by Gasteiger charge is 2.51. The Kier molecular flexibility index (Phi) is 4.54. The Labute approximate surface area is 148 Å². The van der Waals surface area contributed by atoms with Crippen molar-refractivity contribution >= 4 is 30.1 Å². The van der Waals surface area contributed by atoms with E-state index < -0.39 is 18.3 Å². The normalized spacial score (nSPS) is 18.0. The lowest BCUT2D eigenvalue weighted by molar-refractivity contribution is 0.00578. The minimum Gasteiger partial charge on any atom is -0.399 e. The molecule has 0 aliphatic carbocycles. The summed E-state index contributed by atoms with van der Waals surface area (Å²) in [6, 6.07) is 12.4. The van der Waals surface area contributed by atoms with Crippen LogP contribution in [0.3, 0.4) is 0 Å². The third kappa shape index (κ3) is 3.83. The summed E-state index contributed by atoms with van der Waals surface area (Å²) in [7, 11) is -0.467. The largest absolute Gasteiger partial charge is 0.494 e. The van der Waals surface area contributed by atoms with E-state index >= 15 is 0 Å². The number of nitrogens with one attached hydrogen (secondary N) is 2. The summed E-state index contributed by atoms with van der Waals surface area (Å²) in [5.74, 6) is 0.488. The van der Waals surface area contributed by atoms with Crippen LogP contribution in [0.4, 0.5) is 16.3 Å². The molecule has 0 bridgehead atoms. The fourth-order valence-corrected chi connectivity index (χ4v) is 2.46. The highest BCUT2D eigenvalue weighted by molar-refractivity contribution is 6.62. The third-order valence-electron chi connectivity index (χ3n) is 4.58. The maximum Gasteiger partial charge on any atom is 0.494 e. The van der Waals surface area contributed by atoms with Crippen molar-refractivity contribution in [1.29, 1.82) is 0 Å². The van der Waals surface area contributed by atoms with Gasteiger partial charge in [0.1, 0.15) is 5.82 Å². The van der Waals surface area contributed by atoms with Gasteiger partial charge in [-0.2, -0.15) is 0 Å². The van der Waals surface area contributed by atoms with Gasteiger partial charge < -0.3 is 14.6 Å². The summed E-state index contributed by atoms with van der Waals surface area (Å²) < 4.78 is 12.1. The predicted octanol–water partition coefficient (Wildman–Crippen LogP) is 3.02. The molecule has 2 amide bonds. The number of anilines is 2. The second-order valence-corrected chi connectivity index (χ2v) is 7.01. The zero-order chi connectivity index (χ0) is 18.1. The number of pyridine rings is 1. The molecule has 0 radical (unpaired) electrons. The number of urea groups is 1. The molecule has 0 saturated carbocycles. The Balaban J connectivity index is 1.69. The molecule has 0 atom stereocenters. The van der Waals surface area contributed by atoms with Crippen LogP contribution in [0.15, 0.2) is 48.7 Å². The van der Waals surface area contributed by atoms with Crippen LogP contribution in [0.5, 0.6) is 0 Å². The van der Waals surface area contributed by atoms with Crippen molar-refractivity contribution in [2.45, 2.75) is 38.9 Å². The van der Waals surface area contributed by atoms with Crippen molar-refractivity contribution in [3.63, 3.8) is 0 Å². The first-order chi connectivity index (χ1) is 11.8. The van der Waals surface area contributed by atoms with Gasteiger partial charge in [-0.3, -0.25) is 5.32 Å². The number of rotatable bonds is 3.